The van der Waals surface area contributed by atoms with Crippen LogP contribution in [0.3, 0.4) is 0 Å². The molecule has 0 saturated carbocycles. The van der Waals surface area contributed by atoms with Gasteiger partial charge in [-0.25, -0.2) is 4.98 Å². The largest absolute Gasteiger partial charge is 0.472 e. The summed E-state index contributed by atoms with van der Waals surface area (Å²) >= 11 is 0. The smallest absolute Gasteiger partial charge is 0.181 e. The van der Waals surface area contributed by atoms with Crippen LogP contribution in [0.1, 0.15) is 11.1 Å². The molecule has 184 valence electrons. The van der Waals surface area contributed by atoms with Gasteiger partial charge in [-0.2, -0.15) is 5.10 Å². The van der Waals surface area contributed by atoms with Gasteiger partial charge in [0.25, 0.3) is 0 Å². The maximum atomic E-state index is 5.32. The molecule has 7 nitrogen and oxygen atoms in total. The Morgan fingerprint density at radius 2 is 1.66 bits per heavy atom. The molecule has 0 aliphatic carbocycles. The van der Waals surface area contributed by atoms with Gasteiger partial charge in [-0.3, -0.25) is 10.1 Å². The number of fused-ring (bicyclic) bond motifs is 2. The van der Waals surface area contributed by atoms with Crippen molar-refractivity contribution in [1.82, 2.24) is 30.5 Å². The van der Waals surface area contributed by atoms with E-state index in [1.807, 2.05) is 36.8 Å². The van der Waals surface area contributed by atoms with Crippen LogP contribution in [0, 0.1) is 0 Å². The topological polar surface area (TPSA) is 95.4 Å². The van der Waals surface area contributed by atoms with Gasteiger partial charge in [0, 0.05) is 64.7 Å². The second-order valence-electron chi connectivity index (χ2n) is 9.33. The summed E-state index contributed by atoms with van der Waals surface area (Å²) in [6, 6.07) is 25.0. The molecule has 0 aliphatic heterocycles. The predicted molar refractivity (Wildman–Crippen MR) is 149 cm³/mol. The van der Waals surface area contributed by atoms with Crippen molar-refractivity contribution in [3.05, 3.63) is 115 Å². The first kappa shape index (κ1) is 22.2. The van der Waals surface area contributed by atoms with Crippen LogP contribution < -0.4 is 5.32 Å². The zero-order valence-electron chi connectivity index (χ0n) is 20.5. The van der Waals surface area contributed by atoms with E-state index in [0.29, 0.717) is 5.65 Å². The van der Waals surface area contributed by atoms with Crippen molar-refractivity contribution in [2.45, 2.75) is 13.1 Å². The van der Waals surface area contributed by atoms with E-state index >= 15 is 0 Å². The lowest BCUT2D eigenvalue weighted by Gasteiger charge is -2.07. The van der Waals surface area contributed by atoms with Gasteiger partial charge < -0.3 is 14.7 Å². The Hall–Kier alpha value is -5.01. The van der Waals surface area contributed by atoms with Gasteiger partial charge in [-0.05, 0) is 47.0 Å². The Bertz CT molecular complexity index is 1850. The van der Waals surface area contributed by atoms with Gasteiger partial charge in [-0.1, -0.05) is 42.5 Å². The van der Waals surface area contributed by atoms with Crippen molar-refractivity contribution >= 4 is 21.9 Å². The maximum Gasteiger partial charge on any atom is 0.181 e. The number of hydrogen-bond donors (Lipinski definition) is 3. The van der Waals surface area contributed by atoms with E-state index in [-0.39, 0.29) is 0 Å². The SMILES string of the molecule is c1ccc(CNCc2cncc(-c3cnc4n[nH]c(-c5cc6c(-c7ccoc7)cccc6[nH]5)c4c3)c2)cc1. The van der Waals surface area contributed by atoms with Crippen LogP contribution in [-0.2, 0) is 13.1 Å². The van der Waals surface area contributed by atoms with Gasteiger partial charge in [0.15, 0.2) is 5.65 Å². The first-order chi connectivity index (χ1) is 18.8. The number of pyridine rings is 2. The molecular weight excluding hydrogens is 472 g/mol. The number of aromatic nitrogens is 5. The minimum absolute atomic E-state index is 0.672. The third kappa shape index (κ3) is 4.15. The molecule has 2 aromatic carbocycles. The van der Waals surface area contributed by atoms with Gasteiger partial charge in [0.05, 0.1) is 23.9 Å². The van der Waals surface area contributed by atoms with Crippen LogP contribution in [-0.4, -0.2) is 25.1 Å². The molecule has 7 aromatic rings. The molecule has 0 radical (unpaired) electrons. The summed E-state index contributed by atoms with van der Waals surface area (Å²) in [4.78, 5) is 12.7. The summed E-state index contributed by atoms with van der Waals surface area (Å²) in [6.07, 6.45) is 9.10. The molecule has 0 atom stereocenters. The third-order valence-electron chi connectivity index (χ3n) is 6.80. The average Bonchev–Trinajstić information content (AvgIpc) is 3.73. The second kappa shape index (κ2) is 9.46. The highest BCUT2D eigenvalue weighted by Crippen LogP contribution is 2.34. The number of H-pyrrole nitrogens is 2. The first-order valence-electron chi connectivity index (χ1n) is 12.5. The Morgan fingerprint density at radius 1 is 0.763 bits per heavy atom. The fourth-order valence-corrected chi connectivity index (χ4v) is 4.91. The molecule has 5 heterocycles. The number of benzene rings is 2. The molecule has 7 rings (SSSR count). The van der Waals surface area contributed by atoms with Gasteiger partial charge in [0.1, 0.15) is 0 Å². The molecular formula is C31H24N6O. The lowest BCUT2D eigenvalue weighted by molar-refractivity contribution is 0.568. The molecule has 0 bridgehead atoms. The molecule has 0 fully saturated rings. The fourth-order valence-electron chi connectivity index (χ4n) is 4.91. The van der Waals surface area contributed by atoms with Crippen molar-refractivity contribution in [3.8, 4) is 33.6 Å². The lowest BCUT2D eigenvalue weighted by atomic mass is 10.0. The van der Waals surface area contributed by atoms with Crippen molar-refractivity contribution in [2.75, 3.05) is 0 Å². The molecule has 5 aromatic heterocycles. The van der Waals surface area contributed by atoms with E-state index in [2.05, 4.69) is 85.1 Å². The third-order valence-corrected chi connectivity index (χ3v) is 6.80. The van der Waals surface area contributed by atoms with Crippen LogP contribution in [0.25, 0.3) is 55.6 Å². The monoisotopic (exact) mass is 496 g/mol. The van der Waals surface area contributed by atoms with E-state index in [0.717, 1.165) is 68.6 Å². The summed E-state index contributed by atoms with van der Waals surface area (Å²) in [6.45, 7) is 1.54. The van der Waals surface area contributed by atoms with E-state index in [4.69, 9.17) is 4.42 Å². The van der Waals surface area contributed by atoms with E-state index < -0.39 is 0 Å². The molecule has 0 aliphatic rings. The summed E-state index contributed by atoms with van der Waals surface area (Å²) in [5.74, 6) is 0. The molecule has 0 saturated heterocycles. The highest BCUT2D eigenvalue weighted by atomic mass is 16.3. The van der Waals surface area contributed by atoms with Crippen LogP contribution in [0.4, 0.5) is 0 Å². The Kier molecular flexibility index (Phi) is 5.53. The van der Waals surface area contributed by atoms with Gasteiger partial charge in [0.2, 0.25) is 0 Å². The van der Waals surface area contributed by atoms with Gasteiger partial charge in [-0.15, -0.1) is 0 Å². The summed E-state index contributed by atoms with van der Waals surface area (Å²) in [5.41, 5.74) is 10.1. The zero-order chi connectivity index (χ0) is 25.3. The van der Waals surface area contributed by atoms with Crippen molar-refractivity contribution < 1.29 is 4.42 Å². The van der Waals surface area contributed by atoms with Crippen molar-refractivity contribution in [1.29, 1.82) is 0 Å². The van der Waals surface area contributed by atoms with Crippen LogP contribution in [0.2, 0.25) is 0 Å². The molecule has 0 spiro atoms. The first-order valence-corrected chi connectivity index (χ1v) is 12.5. The molecule has 0 amide bonds. The number of furan rings is 1. The van der Waals surface area contributed by atoms with Crippen LogP contribution in [0.5, 0.6) is 0 Å². The molecule has 3 N–H and O–H groups in total. The number of hydrogen-bond acceptors (Lipinski definition) is 5. The highest BCUT2D eigenvalue weighted by Gasteiger charge is 2.15. The predicted octanol–water partition coefficient (Wildman–Crippen LogP) is 6.72. The molecule has 38 heavy (non-hydrogen) atoms. The summed E-state index contributed by atoms with van der Waals surface area (Å²) in [7, 11) is 0. The minimum atomic E-state index is 0.672. The van der Waals surface area contributed by atoms with Crippen molar-refractivity contribution in [2.24, 2.45) is 0 Å². The van der Waals surface area contributed by atoms with Gasteiger partial charge >= 0.3 is 0 Å². The number of nitrogens with zero attached hydrogens (tertiary/aromatic N) is 3. The van der Waals surface area contributed by atoms with Crippen LogP contribution >= 0.6 is 0 Å². The normalized spacial score (nSPS) is 11.5. The quantitative estimate of drug-likeness (QED) is 0.228. The average molecular weight is 497 g/mol. The van der Waals surface area contributed by atoms with E-state index in [1.54, 1.807) is 12.5 Å². The lowest BCUT2D eigenvalue weighted by Crippen LogP contribution is -2.12. The highest BCUT2D eigenvalue weighted by molar-refractivity contribution is 6.01. The molecule has 0 unspecified atom stereocenters. The summed E-state index contributed by atoms with van der Waals surface area (Å²) in [5, 5.41) is 13.2. The van der Waals surface area contributed by atoms with E-state index in [9.17, 15) is 0 Å². The summed E-state index contributed by atoms with van der Waals surface area (Å²) < 4.78 is 5.32. The number of rotatable bonds is 7. The Labute approximate surface area is 218 Å². The minimum Gasteiger partial charge on any atom is -0.472 e. The van der Waals surface area contributed by atoms with E-state index in [1.165, 1.54) is 5.56 Å². The number of aromatic amines is 2. The van der Waals surface area contributed by atoms with Crippen molar-refractivity contribution in [3.63, 3.8) is 0 Å². The Morgan fingerprint density at radius 3 is 2.55 bits per heavy atom. The molecule has 7 heteroatoms. The Balaban J connectivity index is 1.20. The maximum absolute atomic E-state index is 5.32. The fraction of sp³-hybridized carbons (Fsp3) is 0.0645. The zero-order valence-corrected chi connectivity index (χ0v) is 20.5. The van der Waals surface area contributed by atoms with Crippen LogP contribution in [0.15, 0.2) is 108 Å². The standard InChI is InChI=1S/C31H24N6O/c1-2-5-20(6-3-1)14-32-15-21-11-23(17-33-16-21)24-12-27-30(36-37-31(27)34-18-24)29-13-26-25(22-9-10-38-19-22)7-4-8-28(26)35-29/h1-13,16-19,32,35H,14-15H2,(H,34,36,37). The number of nitrogens with one attached hydrogen (secondary N) is 3. The second-order valence-corrected chi connectivity index (χ2v) is 9.33.